The number of β-amino-alcohol motifs (C(OH)–C–C–N with tert-alkyl or cyclic N) is 1. The molecule has 6 heteroatoms. The van der Waals surface area contributed by atoms with Gasteiger partial charge in [-0.2, -0.15) is 4.98 Å². The molecule has 2 rings (SSSR count). The number of aryl methyl sites for hydroxylation is 1. The van der Waals surface area contributed by atoms with E-state index in [0.29, 0.717) is 24.7 Å². The van der Waals surface area contributed by atoms with Gasteiger partial charge in [0.05, 0.1) is 12.0 Å². The van der Waals surface area contributed by atoms with Gasteiger partial charge < -0.3 is 14.9 Å². The third-order valence-corrected chi connectivity index (χ3v) is 2.50. The van der Waals surface area contributed by atoms with Gasteiger partial charge in [0.15, 0.2) is 5.82 Å². The quantitative estimate of drug-likeness (QED) is 0.777. The topological polar surface area (TPSA) is 71.2 Å². The molecule has 1 aliphatic heterocycles. The molecule has 1 aromatic heterocycles. The van der Waals surface area contributed by atoms with Crippen LogP contribution in [0.25, 0.3) is 0 Å². The van der Waals surface area contributed by atoms with Crippen molar-refractivity contribution in [2.24, 2.45) is 0 Å². The highest BCUT2D eigenvalue weighted by molar-refractivity contribution is 5.85. The molecule has 15 heavy (non-hydrogen) atoms. The van der Waals surface area contributed by atoms with E-state index in [1.165, 1.54) is 0 Å². The summed E-state index contributed by atoms with van der Waals surface area (Å²) in [7, 11) is 0. The molecule has 2 N–H and O–H groups in total. The zero-order chi connectivity index (χ0) is 10.0. The smallest absolute Gasteiger partial charge is 0.229 e. The maximum atomic E-state index is 10.1. The molecule has 0 radical (unpaired) electrons. The molecule has 0 aliphatic carbocycles. The Balaban J connectivity index is 0.00000112. The summed E-state index contributed by atoms with van der Waals surface area (Å²) in [5, 5.41) is 17.0. The maximum Gasteiger partial charge on any atom is 0.229 e. The van der Waals surface area contributed by atoms with Crippen molar-refractivity contribution in [3.05, 3.63) is 11.7 Å². The summed E-state index contributed by atoms with van der Waals surface area (Å²) < 4.78 is 4.98. The first-order valence-corrected chi connectivity index (χ1v) is 4.90. The summed E-state index contributed by atoms with van der Waals surface area (Å²) >= 11 is 0. The number of piperidine rings is 1. The largest absolute Gasteiger partial charge is 0.388 e. The fourth-order valence-electron chi connectivity index (χ4n) is 1.80. The Morgan fingerprint density at radius 3 is 2.93 bits per heavy atom. The Hall–Kier alpha value is -0.650. The second-order valence-electron chi connectivity index (χ2n) is 3.92. The molecule has 0 saturated carbocycles. The standard InChI is InChI=1S/C9H15N3O2.ClH/c1-7-11-8(14-12-7)5-9(13)3-2-4-10-6-9;/h10,13H,2-6H2,1H3;1H. The fourth-order valence-corrected chi connectivity index (χ4v) is 1.80. The van der Waals surface area contributed by atoms with Gasteiger partial charge in [-0.05, 0) is 26.3 Å². The molecule has 86 valence electrons. The van der Waals surface area contributed by atoms with E-state index in [1.54, 1.807) is 6.92 Å². The van der Waals surface area contributed by atoms with Crippen LogP contribution in [0.1, 0.15) is 24.6 Å². The van der Waals surface area contributed by atoms with E-state index in [-0.39, 0.29) is 12.4 Å². The molecule has 5 nitrogen and oxygen atoms in total. The molecule has 0 bridgehead atoms. The first-order valence-electron chi connectivity index (χ1n) is 4.90. The van der Waals surface area contributed by atoms with Crippen molar-refractivity contribution in [2.75, 3.05) is 13.1 Å². The minimum atomic E-state index is -0.711. The van der Waals surface area contributed by atoms with E-state index in [0.717, 1.165) is 19.4 Å². The van der Waals surface area contributed by atoms with Crippen LogP contribution in [-0.2, 0) is 6.42 Å². The van der Waals surface area contributed by atoms with Crippen LogP contribution in [-0.4, -0.2) is 33.9 Å². The normalized spacial score (nSPS) is 26.0. The van der Waals surface area contributed by atoms with Gasteiger partial charge in [-0.3, -0.25) is 0 Å². The molecule has 0 spiro atoms. The van der Waals surface area contributed by atoms with Crippen molar-refractivity contribution in [3.8, 4) is 0 Å². The average Bonchev–Trinajstić information content (AvgIpc) is 2.51. The van der Waals surface area contributed by atoms with E-state index in [9.17, 15) is 5.11 Å². The third kappa shape index (κ3) is 3.15. The SMILES string of the molecule is Cc1noc(CC2(O)CCCNC2)n1.Cl. The first kappa shape index (κ1) is 12.4. The van der Waals surface area contributed by atoms with Crippen LogP contribution < -0.4 is 5.32 Å². The molecule has 1 aliphatic rings. The zero-order valence-corrected chi connectivity index (χ0v) is 9.51. The highest BCUT2D eigenvalue weighted by Crippen LogP contribution is 2.20. The van der Waals surface area contributed by atoms with Crippen molar-refractivity contribution >= 4 is 12.4 Å². The lowest BCUT2D eigenvalue weighted by molar-refractivity contribution is 0.0103. The number of nitrogens with zero attached hydrogens (tertiary/aromatic N) is 2. The second kappa shape index (κ2) is 4.92. The van der Waals surface area contributed by atoms with Crippen molar-refractivity contribution < 1.29 is 9.63 Å². The molecule has 1 atom stereocenters. The van der Waals surface area contributed by atoms with E-state index < -0.39 is 5.60 Å². The molecule has 0 aromatic carbocycles. The lowest BCUT2D eigenvalue weighted by Gasteiger charge is -2.31. The number of aromatic nitrogens is 2. The lowest BCUT2D eigenvalue weighted by atomic mass is 9.91. The van der Waals surface area contributed by atoms with Crippen LogP contribution in [0.15, 0.2) is 4.52 Å². The number of hydrogen-bond donors (Lipinski definition) is 2. The number of aliphatic hydroxyl groups is 1. The third-order valence-electron chi connectivity index (χ3n) is 2.50. The van der Waals surface area contributed by atoms with Crippen LogP contribution in [0.2, 0.25) is 0 Å². The van der Waals surface area contributed by atoms with Gasteiger partial charge in [-0.25, -0.2) is 0 Å². The van der Waals surface area contributed by atoms with Crippen molar-refractivity contribution in [1.29, 1.82) is 0 Å². The van der Waals surface area contributed by atoms with Crippen LogP contribution in [0.5, 0.6) is 0 Å². The van der Waals surface area contributed by atoms with Gasteiger partial charge in [0.25, 0.3) is 0 Å². The summed E-state index contributed by atoms with van der Waals surface area (Å²) in [6.45, 7) is 3.36. The summed E-state index contributed by atoms with van der Waals surface area (Å²) in [5.74, 6) is 1.14. The molecular formula is C9H16ClN3O2. The summed E-state index contributed by atoms with van der Waals surface area (Å²) in [6, 6.07) is 0. The van der Waals surface area contributed by atoms with Crippen molar-refractivity contribution in [3.63, 3.8) is 0 Å². The van der Waals surface area contributed by atoms with Gasteiger partial charge in [0, 0.05) is 6.54 Å². The Kier molecular flexibility index (Phi) is 4.07. The van der Waals surface area contributed by atoms with E-state index in [2.05, 4.69) is 15.5 Å². The minimum Gasteiger partial charge on any atom is -0.388 e. The lowest BCUT2D eigenvalue weighted by Crippen LogP contribution is -2.47. The van der Waals surface area contributed by atoms with Gasteiger partial charge in [0.2, 0.25) is 5.89 Å². The number of hydrogen-bond acceptors (Lipinski definition) is 5. The van der Waals surface area contributed by atoms with Gasteiger partial charge in [-0.15, -0.1) is 12.4 Å². The van der Waals surface area contributed by atoms with Crippen LogP contribution in [0.4, 0.5) is 0 Å². The Morgan fingerprint density at radius 2 is 2.40 bits per heavy atom. The number of nitrogens with one attached hydrogen (secondary N) is 1. The van der Waals surface area contributed by atoms with Crippen molar-refractivity contribution in [1.82, 2.24) is 15.5 Å². The Bertz CT molecular complexity index is 310. The molecule has 0 amide bonds. The van der Waals surface area contributed by atoms with Gasteiger partial charge in [0.1, 0.15) is 0 Å². The van der Waals surface area contributed by atoms with Gasteiger partial charge >= 0.3 is 0 Å². The monoisotopic (exact) mass is 233 g/mol. The fraction of sp³-hybridized carbons (Fsp3) is 0.778. The Morgan fingerprint density at radius 1 is 1.60 bits per heavy atom. The molecule has 1 fully saturated rings. The molecular weight excluding hydrogens is 218 g/mol. The first-order chi connectivity index (χ1) is 6.68. The van der Waals surface area contributed by atoms with E-state index >= 15 is 0 Å². The van der Waals surface area contributed by atoms with E-state index in [4.69, 9.17) is 4.52 Å². The van der Waals surface area contributed by atoms with Crippen LogP contribution in [0.3, 0.4) is 0 Å². The molecule has 2 heterocycles. The number of rotatable bonds is 2. The molecule has 1 aromatic rings. The molecule has 1 saturated heterocycles. The highest BCUT2D eigenvalue weighted by atomic mass is 35.5. The summed E-state index contributed by atoms with van der Waals surface area (Å²) in [5.41, 5.74) is -0.711. The maximum absolute atomic E-state index is 10.1. The summed E-state index contributed by atoms with van der Waals surface area (Å²) in [4.78, 5) is 4.08. The minimum absolute atomic E-state index is 0. The predicted molar refractivity (Wildman–Crippen MR) is 57.0 cm³/mol. The average molecular weight is 234 g/mol. The van der Waals surface area contributed by atoms with Crippen molar-refractivity contribution in [2.45, 2.75) is 31.8 Å². The second-order valence-corrected chi connectivity index (χ2v) is 3.92. The highest BCUT2D eigenvalue weighted by Gasteiger charge is 2.31. The van der Waals surface area contributed by atoms with E-state index in [1.807, 2.05) is 0 Å². The zero-order valence-electron chi connectivity index (χ0n) is 8.69. The summed E-state index contributed by atoms with van der Waals surface area (Å²) in [6.07, 6.45) is 2.23. The van der Waals surface area contributed by atoms with Crippen LogP contribution in [0, 0.1) is 6.92 Å². The predicted octanol–water partition coefficient (Wildman–Crippen LogP) is 0.457. The van der Waals surface area contributed by atoms with Gasteiger partial charge in [-0.1, -0.05) is 5.16 Å². The van der Waals surface area contributed by atoms with Crippen LogP contribution >= 0.6 is 12.4 Å². The molecule has 1 unspecified atom stereocenters. The Labute approximate surface area is 94.7 Å². The number of halogens is 1.